The van der Waals surface area contributed by atoms with Crippen molar-refractivity contribution in [3.8, 4) is 28.2 Å². The van der Waals surface area contributed by atoms with Crippen LogP contribution < -0.4 is 11.1 Å². The highest BCUT2D eigenvalue weighted by Gasteiger charge is 2.30. The first-order valence-corrected chi connectivity index (χ1v) is 14.0. The largest absolute Gasteiger partial charge is 0.366 e. The SMILES string of the molecule is CC(=O)NCc1ccc(Cl)cc1-n1c(C2CCCCC2)nc(-c2ccccc2C(N)=O)c1-c1ccc(F)c(Cl)c1. The van der Waals surface area contributed by atoms with Crippen molar-refractivity contribution >= 4 is 35.0 Å². The Morgan fingerprint density at radius 3 is 2.50 bits per heavy atom. The van der Waals surface area contributed by atoms with Gasteiger partial charge in [-0.3, -0.25) is 14.2 Å². The Morgan fingerprint density at radius 2 is 1.80 bits per heavy atom. The first kappa shape index (κ1) is 27.9. The molecule has 2 amide bonds. The summed E-state index contributed by atoms with van der Waals surface area (Å²) in [6, 6.07) is 17.1. The van der Waals surface area contributed by atoms with E-state index < -0.39 is 11.7 Å². The van der Waals surface area contributed by atoms with E-state index in [1.165, 1.54) is 13.0 Å². The van der Waals surface area contributed by atoms with Gasteiger partial charge in [0, 0.05) is 41.1 Å². The maximum atomic E-state index is 14.3. The Balaban J connectivity index is 1.89. The number of nitrogens with two attached hydrogens (primary N) is 1. The summed E-state index contributed by atoms with van der Waals surface area (Å²) in [7, 11) is 0. The van der Waals surface area contributed by atoms with Crippen LogP contribution in [0.4, 0.5) is 4.39 Å². The topological polar surface area (TPSA) is 90.0 Å². The maximum absolute atomic E-state index is 14.3. The minimum atomic E-state index is -0.582. The maximum Gasteiger partial charge on any atom is 0.249 e. The van der Waals surface area contributed by atoms with Gasteiger partial charge in [-0.15, -0.1) is 0 Å². The van der Waals surface area contributed by atoms with Crippen molar-refractivity contribution in [2.75, 3.05) is 0 Å². The van der Waals surface area contributed by atoms with E-state index in [1.54, 1.807) is 30.3 Å². The number of halogens is 3. The third kappa shape index (κ3) is 5.62. The van der Waals surface area contributed by atoms with Gasteiger partial charge in [0.15, 0.2) is 0 Å². The number of carbonyl (C=O) groups is 2. The van der Waals surface area contributed by atoms with E-state index in [4.69, 9.17) is 33.9 Å². The highest BCUT2D eigenvalue weighted by atomic mass is 35.5. The standard InChI is InChI=1S/C31H29Cl2FN4O2/c1-18(39)36-17-21-11-13-22(32)16-27(21)38-29(20-12-14-26(34)25(33)15-20)28(23-9-5-6-10-24(23)30(35)40)37-31(38)19-7-3-2-4-8-19/h5-6,9-16,19H,2-4,7-8,17H2,1H3,(H2,35,40)(H,36,39). The third-order valence-corrected chi connectivity index (χ3v) is 7.86. The normalized spacial score (nSPS) is 13.8. The molecule has 1 aliphatic rings. The summed E-state index contributed by atoms with van der Waals surface area (Å²) in [5, 5.41) is 3.35. The van der Waals surface area contributed by atoms with Crippen molar-refractivity contribution in [3.63, 3.8) is 0 Å². The fraction of sp³-hybridized carbons (Fsp3) is 0.258. The van der Waals surface area contributed by atoms with Gasteiger partial charge >= 0.3 is 0 Å². The zero-order chi connectivity index (χ0) is 28.4. The summed E-state index contributed by atoms with van der Waals surface area (Å²) in [6.45, 7) is 1.73. The zero-order valence-electron chi connectivity index (χ0n) is 22.0. The fourth-order valence-electron chi connectivity index (χ4n) is 5.43. The number of hydrogen-bond acceptors (Lipinski definition) is 3. The van der Waals surface area contributed by atoms with Crippen molar-refractivity contribution in [1.82, 2.24) is 14.9 Å². The average molecular weight is 580 g/mol. The molecule has 6 nitrogen and oxygen atoms in total. The lowest BCUT2D eigenvalue weighted by molar-refractivity contribution is -0.119. The summed E-state index contributed by atoms with van der Waals surface area (Å²) in [4.78, 5) is 29.6. The van der Waals surface area contributed by atoms with Crippen LogP contribution in [-0.4, -0.2) is 21.4 Å². The van der Waals surface area contributed by atoms with Gasteiger partial charge in [-0.2, -0.15) is 0 Å². The van der Waals surface area contributed by atoms with Crippen molar-refractivity contribution in [2.24, 2.45) is 5.73 Å². The molecule has 0 aliphatic heterocycles. The third-order valence-electron chi connectivity index (χ3n) is 7.33. The lowest BCUT2D eigenvalue weighted by Gasteiger charge is -2.24. The van der Waals surface area contributed by atoms with Gasteiger partial charge < -0.3 is 11.1 Å². The number of primary amides is 1. The molecule has 0 unspecified atom stereocenters. The molecule has 4 aromatic rings. The van der Waals surface area contributed by atoms with Crippen molar-refractivity contribution in [1.29, 1.82) is 0 Å². The quantitative estimate of drug-likeness (QED) is 0.239. The van der Waals surface area contributed by atoms with E-state index in [1.807, 2.05) is 28.8 Å². The molecule has 206 valence electrons. The van der Waals surface area contributed by atoms with Crippen LogP contribution in [0.5, 0.6) is 0 Å². The molecule has 1 aromatic heterocycles. The predicted octanol–water partition coefficient (Wildman–Crippen LogP) is 7.43. The molecule has 0 atom stereocenters. The molecule has 3 aromatic carbocycles. The fourth-order valence-corrected chi connectivity index (χ4v) is 5.78. The van der Waals surface area contributed by atoms with Crippen LogP contribution in [0.2, 0.25) is 10.0 Å². The summed E-state index contributed by atoms with van der Waals surface area (Å²) < 4.78 is 16.4. The van der Waals surface area contributed by atoms with E-state index in [-0.39, 0.29) is 23.4 Å². The average Bonchev–Trinajstić information content (AvgIpc) is 3.34. The number of nitrogens with one attached hydrogen (secondary N) is 1. The second kappa shape index (κ2) is 11.8. The Hall–Kier alpha value is -3.68. The number of carbonyl (C=O) groups excluding carboxylic acids is 2. The molecule has 1 fully saturated rings. The molecular formula is C31H29Cl2FN4O2. The lowest BCUT2D eigenvalue weighted by Crippen LogP contribution is -2.21. The van der Waals surface area contributed by atoms with Gasteiger partial charge in [-0.05, 0) is 54.8 Å². The first-order valence-electron chi connectivity index (χ1n) is 13.2. The second-order valence-corrected chi connectivity index (χ2v) is 10.9. The number of hydrogen-bond donors (Lipinski definition) is 2. The lowest BCUT2D eigenvalue weighted by atomic mass is 9.88. The van der Waals surface area contributed by atoms with Crippen LogP contribution >= 0.6 is 23.2 Å². The van der Waals surface area contributed by atoms with E-state index >= 15 is 0 Å². The minimum absolute atomic E-state index is 0.0387. The molecule has 1 heterocycles. The molecule has 0 saturated heterocycles. The highest BCUT2D eigenvalue weighted by molar-refractivity contribution is 6.31. The second-order valence-electron chi connectivity index (χ2n) is 10.1. The molecule has 40 heavy (non-hydrogen) atoms. The zero-order valence-corrected chi connectivity index (χ0v) is 23.5. The molecule has 0 bridgehead atoms. The summed E-state index contributed by atoms with van der Waals surface area (Å²) in [5.74, 6) is -0.361. The van der Waals surface area contributed by atoms with Gasteiger partial charge in [-0.25, -0.2) is 9.37 Å². The molecule has 0 spiro atoms. The van der Waals surface area contributed by atoms with Crippen LogP contribution in [-0.2, 0) is 11.3 Å². The van der Waals surface area contributed by atoms with Gasteiger partial charge in [0.05, 0.1) is 22.1 Å². The summed E-state index contributed by atoms with van der Waals surface area (Å²) in [5.41, 5.74) is 9.99. The van der Waals surface area contributed by atoms with E-state index in [9.17, 15) is 14.0 Å². The Labute approximate surface area is 242 Å². The Bertz CT molecular complexity index is 1590. The van der Waals surface area contributed by atoms with Gasteiger partial charge in [-0.1, -0.05) is 66.7 Å². The van der Waals surface area contributed by atoms with Crippen molar-refractivity contribution < 1.29 is 14.0 Å². The van der Waals surface area contributed by atoms with Crippen LogP contribution in [0.3, 0.4) is 0 Å². The van der Waals surface area contributed by atoms with E-state index in [2.05, 4.69) is 5.32 Å². The monoisotopic (exact) mass is 578 g/mol. The smallest absolute Gasteiger partial charge is 0.249 e. The summed E-state index contributed by atoms with van der Waals surface area (Å²) >= 11 is 12.8. The Morgan fingerprint density at radius 1 is 1.05 bits per heavy atom. The number of aromatic nitrogens is 2. The summed E-state index contributed by atoms with van der Waals surface area (Å²) in [6.07, 6.45) is 5.17. The molecular weight excluding hydrogens is 550 g/mol. The number of nitrogens with zero attached hydrogens (tertiary/aromatic N) is 2. The van der Waals surface area contributed by atoms with Gasteiger partial charge in [0.1, 0.15) is 11.6 Å². The van der Waals surface area contributed by atoms with Crippen molar-refractivity contribution in [2.45, 2.75) is 51.5 Å². The van der Waals surface area contributed by atoms with Gasteiger partial charge in [0.25, 0.3) is 0 Å². The van der Waals surface area contributed by atoms with Crippen molar-refractivity contribution in [3.05, 3.63) is 93.5 Å². The number of imidazole rings is 1. The minimum Gasteiger partial charge on any atom is -0.366 e. The molecule has 3 N–H and O–H groups in total. The van der Waals surface area contributed by atoms with Gasteiger partial charge in [0.2, 0.25) is 11.8 Å². The molecule has 0 radical (unpaired) electrons. The van der Waals surface area contributed by atoms with Crippen LogP contribution in [0.15, 0.2) is 60.7 Å². The first-order chi connectivity index (χ1) is 19.2. The number of amides is 2. The molecule has 9 heteroatoms. The van der Waals surface area contributed by atoms with E-state index in [0.717, 1.165) is 49.2 Å². The van der Waals surface area contributed by atoms with E-state index in [0.29, 0.717) is 33.1 Å². The molecule has 1 aliphatic carbocycles. The van der Waals surface area contributed by atoms with Crippen LogP contribution in [0.1, 0.15) is 66.7 Å². The highest BCUT2D eigenvalue weighted by Crippen LogP contribution is 2.43. The Kier molecular flexibility index (Phi) is 8.24. The predicted molar refractivity (Wildman–Crippen MR) is 156 cm³/mol. The number of benzene rings is 3. The van der Waals surface area contributed by atoms with Crippen LogP contribution in [0.25, 0.3) is 28.2 Å². The number of rotatable bonds is 7. The molecule has 5 rings (SSSR count). The van der Waals surface area contributed by atoms with Crippen LogP contribution in [0, 0.1) is 5.82 Å². The molecule has 1 saturated carbocycles.